The topological polar surface area (TPSA) is 59.3 Å². The van der Waals surface area contributed by atoms with Crippen molar-refractivity contribution in [2.45, 2.75) is 6.54 Å². The van der Waals surface area contributed by atoms with Crippen molar-refractivity contribution < 1.29 is 4.79 Å². The van der Waals surface area contributed by atoms with Crippen LogP contribution < -0.4 is 5.32 Å². The van der Waals surface area contributed by atoms with Gasteiger partial charge in [0.25, 0.3) is 0 Å². The van der Waals surface area contributed by atoms with E-state index in [0.717, 1.165) is 25.4 Å². The molecule has 7 heteroatoms. The van der Waals surface area contributed by atoms with Gasteiger partial charge in [-0.2, -0.15) is 0 Å². The minimum absolute atomic E-state index is 0.165. The van der Waals surface area contributed by atoms with Gasteiger partial charge in [0.2, 0.25) is 5.91 Å². The SMILES string of the molecule is O=C(C=Cc1ccc(-c2ccc(Br)cc2)s1)NCc1nnc2ccccn12. The standard InChI is InChI=1S/C20H15BrN4OS/c21-15-6-4-14(5-7-15)17-10-8-16(27-17)9-11-20(26)22-13-19-24-23-18-3-1-2-12-25(18)19/h1-12H,13H2,(H,22,26). The van der Waals surface area contributed by atoms with Gasteiger partial charge in [0.05, 0.1) is 6.54 Å². The first-order chi connectivity index (χ1) is 13.2. The van der Waals surface area contributed by atoms with Gasteiger partial charge in [0, 0.05) is 26.5 Å². The number of aromatic nitrogens is 3. The van der Waals surface area contributed by atoms with E-state index in [9.17, 15) is 4.79 Å². The third-order valence-electron chi connectivity index (χ3n) is 3.96. The van der Waals surface area contributed by atoms with Gasteiger partial charge in [-0.3, -0.25) is 9.20 Å². The predicted octanol–water partition coefficient (Wildman–Crippen LogP) is 4.55. The van der Waals surface area contributed by atoms with Gasteiger partial charge >= 0.3 is 0 Å². The highest BCUT2D eigenvalue weighted by molar-refractivity contribution is 9.10. The highest BCUT2D eigenvalue weighted by atomic mass is 79.9. The number of nitrogens with zero attached hydrogens (tertiary/aromatic N) is 3. The number of benzene rings is 1. The molecule has 0 spiro atoms. The van der Waals surface area contributed by atoms with Crippen LogP contribution in [-0.4, -0.2) is 20.5 Å². The van der Waals surface area contributed by atoms with Crippen molar-refractivity contribution in [1.82, 2.24) is 19.9 Å². The molecule has 3 aromatic heterocycles. The number of pyridine rings is 1. The molecule has 134 valence electrons. The zero-order chi connectivity index (χ0) is 18.6. The maximum absolute atomic E-state index is 12.1. The van der Waals surface area contributed by atoms with Crippen LogP contribution in [-0.2, 0) is 11.3 Å². The number of thiophene rings is 1. The van der Waals surface area contributed by atoms with Gasteiger partial charge in [-0.25, -0.2) is 0 Å². The molecule has 0 aliphatic heterocycles. The Kier molecular flexibility index (Phi) is 5.13. The van der Waals surface area contributed by atoms with Crippen LogP contribution in [0.4, 0.5) is 0 Å². The second-order valence-corrected chi connectivity index (χ2v) is 7.84. The lowest BCUT2D eigenvalue weighted by molar-refractivity contribution is -0.116. The fourth-order valence-electron chi connectivity index (χ4n) is 2.61. The van der Waals surface area contributed by atoms with Crippen molar-refractivity contribution in [2.24, 2.45) is 0 Å². The van der Waals surface area contributed by atoms with Gasteiger partial charge in [0.1, 0.15) is 0 Å². The number of rotatable bonds is 5. The molecule has 4 rings (SSSR count). The zero-order valence-electron chi connectivity index (χ0n) is 14.2. The normalized spacial score (nSPS) is 11.3. The first-order valence-electron chi connectivity index (χ1n) is 8.29. The van der Waals surface area contributed by atoms with E-state index < -0.39 is 0 Å². The fourth-order valence-corrected chi connectivity index (χ4v) is 3.79. The molecule has 0 aliphatic rings. The van der Waals surface area contributed by atoms with E-state index in [4.69, 9.17) is 0 Å². The molecule has 3 heterocycles. The van der Waals surface area contributed by atoms with Gasteiger partial charge in [-0.05, 0) is 48.0 Å². The summed E-state index contributed by atoms with van der Waals surface area (Å²) in [5, 5.41) is 11.0. The third kappa shape index (κ3) is 4.15. The van der Waals surface area contributed by atoms with Crippen molar-refractivity contribution in [1.29, 1.82) is 0 Å². The molecule has 1 N–H and O–H groups in total. The highest BCUT2D eigenvalue weighted by Crippen LogP contribution is 2.29. The monoisotopic (exact) mass is 438 g/mol. The number of nitrogens with one attached hydrogen (secondary N) is 1. The Hall–Kier alpha value is -2.77. The Morgan fingerprint density at radius 3 is 2.81 bits per heavy atom. The number of hydrogen-bond donors (Lipinski definition) is 1. The van der Waals surface area contributed by atoms with E-state index in [1.54, 1.807) is 17.4 Å². The van der Waals surface area contributed by atoms with E-state index in [1.807, 2.05) is 53.1 Å². The van der Waals surface area contributed by atoms with Crippen LogP contribution in [0.25, 0.3) is 22.2 Å². The molecule has 0 saturated heterocycles. The molecule has 27 heavy (non-hydrogen) atoms. The molecule has 0 atom stereocenters. The highest BCUT2D eigenvalue weighted by Gasteiger charge is 2.06. The summed E-state index contributed by atoms with van der Waals surface area (Å²) in [5.41, 5.74) is 1.92. The number of hydrogen-bond acceptors (Lipinski definition) is 4. The van der Waals surface area contributed by atoms with Crippen LogP contribution in [0, 0.1) is 0 Å². The molecule has 0 fully saturated rings. The smallest absolute Gasteiger partial charge is 0.244 e. The Morgan fingerprint density at radius 1 is 1.11 bits per heavy atom. The summed E-state index contributed by atoms with van der Waals surface area (Å²) in [5.74, 6) is 0.530. The molecule has 1 aromatic carbocycles. The van der Waals surface area contributed by atoms with Crippen molar-refractivity contribution in [3.63, 3.8) is 0 Å². The largest absolute Gasteiger partial charge is 0.345 e. The molecular formula is C20H15BrN4OS. The lowest BCUT2D eigenvalue weighted by atomic mass is 10.2. The minimum atomic E-state index is -0.165. The van der Waals surface area contributed by atoms with Gasteiger partial charge in [-0.15, -0.1) is 21.5 Å². The second kappa shape index (κ2) is 7.85. The van der Waals surface area contributed by atoms with Crippen LogP contribution >= 0.6 is 27.3 Å². The maximum Gasteiger partial charge on any atom is 0.244 e. The summed E-state index contributed by atoms with van der Waals surface area (Å²) in [6.07, 6.45) is 5.24. The van der Waals surface area contributed by atoms with Gasteiger partial charge in [-0.1, -0.05) is 34.1 Å². The number of fused-ring (bicyclic) bond motifs is 1. The molecule has 4 aromatic rings. The van der Waals surface area contributed by atoms with E-state index in [2.05, 4.69) is 49.6 Å². The van der Waals surface area contributed by atoms with E-state index in [-0.39, 0.29) is 5.91 Å². The fraction of sp³-hybridized carbons (Fsp3) is 0.0500. The summed E-state index contributed by atoms with van der Waals surface area (Å²) in [6, 6.07) is 17.9. The summed E-state index contributed by atoms with van der Waals surface area (Å²) < 4.78 is 2.91. The third-order valence-corrected chi connectivity index (χ3v) is 5.59. The average molecular weight is 439 g/mol. The minimum Gasteiger partial charge on any atom is -0.345 e. The first-order valence-corrected chi connectivity index (χ1v) is 9.90. The van der Waals surface area contributed by atoms with E-state index >= 15 is 0 Å². The van der Waals surface area contributed by atoms with Crippen LogP contribution in [0.15, 0.2) is 71.3 Å². The Labute approximate surface area is 168 Å². The zero-order valence-corrected chi connectivity index (χ0v) is 16.6. The second-order valence-electron chi connectivity index (χ2n) is 5.81. The van der Waals surface area contributed by atoms with Crippen molar-refractivity contribution in [2.75, 3.05) is 0 Å². The van der Waals surface area contributed by atoms with Gasteiger partial charge in [0.15, 0.2) is 11.5 Å². The first kappa shape index (κ1) is 17.6. The molecule has 0 saturated carbocycles. The van der Waals surface area contributed by atoms with Gasteiger partial charge < -0.3 is 5.32 Å². The molecule has 0 unspecified atom stereocenters. The summed E-state index contributed by atoms with van der Waals surface area (Å²) in [7, 11) is 0. The van der Waals surface area contributed by atoms with Crippen molar-refractivity contribution >= 4 is 44.9 Å². The van der Waals surface area contributed by atoms with Crippen LogP contribution in [0.1, 0.15) is 10.7 Å². The molecule has 1 amide bonds. The Morgan fingerprint density at radius 2 is 1.96 bits per heavy atom. The summed E-state index contributed by atoms with van der Waals surface area (Å²) >= 11 is 5.09. The molecule has 0 bridgehead atoms. The van der Waals surface area contributed by atoms with Crippen LogP contribution in [0.5, 0.6) is 0 Å². The number of halogens is 1. The van der Waals surface area contributed by atoms with Crippen LogP contribution in [0.3, 0.4) is 0 Å². The predicted molar refractivity (Wildman–Crippen MR) is 111 cm³/mol. The van der Waals surface area contributed by atoms with Crippen molar-refractivity contribution in [3.8, 4) is 10.4 Å². The summed E-state index contributed by atoms with van der Waals surface area (Å²) in [4.78, 5) is 14.3. The average Bonchev–Trinajstić information content (AvgIpc) is 3.32. The lowest BCUT2D eigenvalue weighted by Gasteiger charge is -2.00. The number of amides is 1. The summed E-state index contributed by atoms with van der Waals surface area (Å²) in [6.45, 7) is 0.322. The molecular weight excluding hydrogens is 424 g/mol. The van der Waals surface area contributed by atoms with E-state index in [0.29, 0.717) is 12.4 Å². The molecule has 0 radical (unpaired) electrons. The number of carbonyl (C=O) groups excluding carboxylic acids is 1. The quantitative estimate of drug-likeness (QED) is 0.465. The molecule has 5 nitrogen and oxygen atoms in total. The Bertz CT molecular complexity index is 1110. The van der Waals surface area contributed by atoms with Crippen LogP contribution in [0.2, 0.25) is 0 Å². The van der Waals surface area contributed by atoms with E-state index in [1.165, 1.54) is 0 Å². The maximum atomic E-state index is 12.1. The van der Waals surface area contributed by atoms with Crippen molar-refractivity contribution in [3.05, 3.63) is 82.0 Å². The Balaban J connectivity index is 1.38. The number of carbonyl (C=O) groups is 1. The molecule has 0 aliphatic carbocycles. The lowest BCUT2D eigenvalue weighted by Crippen LogP contribution is -2.21.